The Kier molecular flexibility index (Phi) is 4.86. The van der Waals surface area contributed by atoms with Crippen molar-refractivity contribution in [3.63, 3.8) is 0 Å². The fourth-order valence-electron chi connectivity index (χ4n) is 2.64. The van der Waals surface area contributed by atoms with Gasteiger partial charge in [0.25, 0.3) is 0 Å². The molecule has 1 aliphatic rings. The van der Waals surface area contributed by atoms with Gasteiger partial charge in [-0.3, -0.25) is 0 Å². The third kappa shape index (κ3) is 3.85. The van der Waals surface area contributed by atoms with E-state index in [-0.39, 0.29) is 26.3 Å². The Hall–Kier alpha value is -1.53. The van der Waals surface area contributed by atoms with Crippen LogP contribution in [0.2, 0.25) is 0 Å². The zero-order valence-electron chi connectivity index (χ0n) is 14.7. The Balaban J connectivity index is 2.01. The van der Waals surface area contributed by atoms with E-state index in [4.69, 9.17) is 0 Å². The fourth-order valence-corrected chi connectivity index (χ4v) is 8.68. The van der Waals surface area contributed by atoms with E-state index in [0.717, 1.165) is 4.46 Å². The first-order chi connectivity index (χ1) is 11.7. The predicted molar refractivity (Wildman–Crippen MR) is 104 cm³/mol. The molecule has 0 heterocycles. The van der Waals surface area contributed by atoms with E-state index in [2.05, 4.69) is 32.6 Å². The van der Waals surface area contributed by atoms with E-state index in [9.17, 15) is 8.42 Å². The first-order valence-electron chi connectivity index (χ1n) is 8.31. The maximum atomic E-state index is 13.4. The summed E-state index contributed by atoms with van der Waals surface area (Å²) >= 11 is -0.180. The summed E-state index contributed by atoms with van der Waals surface area (Å²) in [4.78, 5) is 0.410. The molecule has 2 aromatic rings. The second-order valence-corrected chi connectivity index (χ2v) is 13.1. The average molecular weight is 417 g/mol. The Bertz CT molecular complexity index is 903. The maximum absolute atomic E-state index is 13.4. The van der Waals surface area contributed by atoms with Crippen LogP contribution < -0.4 is 4.46 Å². The summed E-state index contributed by atoms with van der Waals surface area (Å²) in [5.74, 6) is 6.43. The van der Waals surface area contributed by atoms with Crippen LogP contribution in [0.4, 0.5) is 0 Å². The molecule has 0 spiro atoms. The second kappa shape index (κ2) is 6.65. The van der Waals surface area contributed by atoms with Crippen LogP contribution in [0.1, 0.15) is 27.2 Å². The Morgan fingerprint density at radius 2 is 1.56 bits per heavy atom. The SMILES string of the molecule is CC(C)(C)C#C[C@@H]1C[C@@]1([Se]c1ccccc1)S(=O)(=O)c1ccccc1. The van der Waals surface area contributed by atoms with Crippen LogP contribution in [-0.4, -0.2) is 27.0 Å². The molecular formula is C21H22O2SSe. The standard InChI is InChI=1S/C21H22O2SSe/c1-20(2,3)15-14-17-16-21(17,25-19-12-8-5-9-13-19)24(22,23)18-10-6-4-7-11-18/h4-13,17H,16H2,1-3H3/t17-,21+/m1/s1. The van der Waals surface area contributed by atoms with Gasteiger partial charge < -0.3 is 0 Å². The molecule has 2 atom stereocenters. The van der Waals surface area contributed by atoms with E-state index in [1.54, 1.807) is 24.3 Å². The molecule has 25 heavy (non-hydrogen) atoms. The molecule has 0 radical (unpaired) electrons. The molecular weight excluding hydrogens is 395 g/mol. The molecule has 0 aromatic heterocycles. The van der Waals surface area contributed by atoms with E-state index in [1.807, 2.05) is 36.4 Å². The number of benzene rings is 2. The molecule has 1 saturated carbocycles. The normalized spacial score (nSPS) is 22.8. The molecule has 3 rings (SSSR count). The number of rotatable bonds is 4. The van der Waals surface area contributed by atoms with Crippen LogP contribution in [0.15, 0.2) is 65.6 Å². The van der Waals surface area contributed by atoms with E-state index in [1.165, 1.54) is 0 Å². The summed E-state index contributed by atoms with van der Waals surface area (Å²) < 4.78 is 27.2. The Labute approximate surface area is 157 Å². The number of hydrogen-bond acceptors (Lipinski definition) is 2. The van der Waals surface area contributed by atoms with Gasteiger partial charge in [-0.1, -0.05) is 0 Å². The molecule has 130 valence electrons. The van der Waals surface area contributed by atoms with Gasteiger partial charge in [-0.15, -0.1) is 0 Å². The van der Waals surface area contributed by atoms with Gasteiger partial charge in [0.2, 0.25) is 0 Å². The third-order valence-electron chi connectivity index (χ3n) is 4.02. The topological polar surface area (TPSA) is 34.1 Å². The molecule has 2 nitrogen and oxygen atoms in total. The Morgan fingerprint density at radius 1 is 1.00 bits per heavy atom. The van der Waals surface area contributed by atoms with Crippen LogP contribution in [0.5, 0.6) is 0 Å². The predicted octanol–water partition coefficient (Wildman–Crippen LogP) is 3.26. The quantitative estimate of drug-likeness (QED) is 0.565. The molecule has 0 amide bonds. The van der Waals surface area contributed by atoms with E-state index in [0.29, 0.717) is 11.3 Å². The van der Waals surface area contributed by atoms with Crippen molar-refractivity contribution in [3.8, 4) is 11.8 Å². The first kappa shape index (κ1) is 18.3. The summed E-state index contributed by atoms with van der Waals surface area (Å²) in [5, 5.41) is 0. The van der Waals surface area contributed by atoms with Crippen molar-refractivity contribution in [1.29, 1.82) is 0 Å². The van der Waals surface area contributed by atoms with Crippen LogP contribution in [0.25, 0.3) is 0 Å². The molecule has 0 aliphatic heterocycles. The molecule has 0 N–H and O–H groups in total. The Morgan fingerprint density at radius 3 is 2.12 bits per heavy atom. The van der Waals surface area contributed by atoms with Crippen molar-refractivity contribution >= 4 is 29.3 Å². The van der Waals surface area contributed by atoms with Crippen LogP contribution in [0, 0.1) is 23.2 Å². The van der Waals surface area contributed by atoms with Gasteiger partial charge >= 0.3 is 157 Å². The van der Waals surface area contributed by atoms with Crippen molar-refractivity contribution in [2.45, 2.75) is 35.7 Å². The first-order valence-corrected chi connectivity index (χ1v) is 11.5. The van der Waals surface area contributed by atoms with Crippen LogP contribution >= 0.6 is 0 Å². The molecule has 0 unspecified atom stereocenters. The van der Waals surface area contributed by atoms with Crippen LogP contribution in [0.3, 0.4) is 0 Å². The van der Waals surface area contributed by atoms with Crippen molar-refractivity contribution in [3.05, 3.63) is 60.7 Å². The van der Waals surface area contributed by atoms with E-state index >= 15 is 0 Å². The molecule has 2 aromatic carbocycles. The minimum atomic E-state index is -3.42. The molecule has 4 heteroatoms. The van der Waals surface area contributed by atoms with Gasteiger partial charge in [-0.05, 0) is 0 Å². The van der Waals surface area contributed by atoms with E-state index < -0.39 is 13.5 Å². The fraction of sp³-hybridized carbons (Fsp3) is 0.333. The summed E-state index contributed by atoms with van der Waals surface area (Å²) in [6.45, 7) is 6.16. The zero-order valence-corrected chi connectivity index (χ0v) is 17.2. The number of hydrogen-bond donors (Lipinski definition) is 0. The van der Waals surface area contributed by atoms with Gasteiger partial charge in [-0.2, -0.15) is 0 Å². The van der Waals surface area contributed by atoms with Crippen molar-refractivity contribution in [2.24, 2.45) is 11.3 Å². The van der Waals surface area contributed by atoms with Gasteiger partial charge in [-0.25, -0.2) is 0 Å². The second-order valence-electron chi connectivity index (χ2n) is 7.32. The average Bonchev–Trinajstić information content (AvgIpc) is 3.29. The molecule has 1 aliphatic carbocycles. The van der Waals surface area contributed by atoms with Gasteiger partial charge in [0.1, 0.15) is 0 Å². The molecule has 0 bridgehead atoms. The van der Waals surface area contributed by atoms with Crippen LogP contribution in [-0.2, 0) is 9.84 Å². The zero-order chi connectivity index (χ0) is 18.1. The van der Waals surface area contributed by atoms with Gasteiger partial charge in [0.05, 0.1) is 0 Å². The van der Waals surface area contributed by atoms with Gasteiger partial charge in [0, 0.05) is 0 Å². The van der Waals surface area contributed by atoms with Gasteiger partial charge in [0.15, 0.2) is 0 Å². The number of sulfone groups is 1. The summed E-state index contributed by atoms with van der Waals surface area (Å²) in [6, 6.07) is 18.8. The minimum absolute atomic E-state index is 0.0860. The molecule has 1 fully saturated rings. The monoisotopic (exact) mass is 418 g/mol. The summed E-state index contributed by atoms with van der Waals surface area (Å²) in [6.07, 6.45) is 0.627. The molecule has 0 saturated heterocycles. The summed E-state index contributed by atoms with van der Waals surface area (Å²) in [7, 11) is -3.42. The third-order valence-corrected chi connectivity index (χ3v) is 10.8. The van der Waals surface area contributed by atoms with Crippen molar-refractivity contribution in [1.82, 2.24) is 0 Å². The van der Waals surface area contributed by atoms with Crippen molar-refractivity contribution in [2.75, 3.05) is 0 Å². The summed E-state index contributed by atoms with van der Waals surface area (Å²) in [5.41, 5.74) is -0.120. The van der Waals surface area contributed by atoms with Crippen molar-refractivity contribution < 1.29 is 8.42 Å².